The molecule has 8 nitrogen and oxygen atoms in total. The van der Waals surface area contributed by atoms with Gasteiger partial charge in [-0.3, -0.25) is 19.4 Å². The summed E-state index contributed by atoms with van der Waals surface area (Å²) >= 11 is 0. The van der Waals surface area contributed by atoms with E-state index in [1.165, 1.54) is 6.20 Å². The third-order valence-electron chi connectivity index (χ3n) is 6.81. The van der Waals surface area contributed by atoms with E-state index in [1.54, 1.807) is 16.7 Å². The van der Waals surface area contributed by atoms with Gasteiger partial charge in [-0.1, -0.05) is 0 Å². The third kappa shape index (κ3) is 2.61. The van der Waals surface area contributed by atoms with Crippen molar-refractivity contribution >= 4 is 22.6 Å². The summed E-state index contributed by atoms with van der Waals surface area (Å²) in [6.45, 7) is 6.80. The first-order chi connectivity index (χ1) is 14.2. The molecular weight excluding hydrogens is 391 g/mol. The lowest BCUT2D eigenvalue weighted by atomic mass is 10.0. The number of nitrogens with zero attached hydrogens (tertiary/aromatic N) is 4. The minimum atomic E-state index is -1.34. The number of aromatic nitrogens is 1. The monoisotopic (exact) mass is 416 g/mol. The van der Waals surface area contributed by atoms with E-state index in [4.69, 9.17) is 4.74 Å². The first-order valence-corrected chi connectivity index (χ1v) is 10.2. The maximum atomic E-state index is 15.4. The molecule has 4 heterocycles. The second kappa shape index (κ2) is 6.34. The molecule has 1 unspecified atom stereocenters. The molecule has 1 aromatic heterocycles. The molecule has 5 rings (SSSR count). The van der Waals surface area contributed by atoms with E-state index >= 15 is 4.39 Å². The summed E-state index contributed by atoms with van der Waals surface area (Å²) in [6, 6.07) is 1.51. The Morgan fingerprint density at radius 2 is 2.10 bits per heavy atom. The largest absolute Gasteiger partial charge is 0.477 e. The Balaban J connectivity index is 1.67. The van der Waals surface area contributed by atoms with Crippen LogP contribution in [0.5, 0.6) is 5.75 Å². The van der Waals surface area contributed by atoms with Gasteiger partial charge in [0, 0.05) is 44.5 Å². The minimum absolute atomic E-state index is 0.0123. The van der Waals surface area contributed by atoms with E-state index in [2.05, 4.69) is 18.7 Å². The molecule has 0 bridgehead atoms. The summed E-state index contributed by atoms with van der Waals surface area (Å²) in [5, 5.41) is 11.1. The summed E-state index contributed by atoms with van der Waals surface area (Å²) < 4.78 is 22.9. The Hall–Kier alpha value is -2.81. The smallest absolute Gasteiger partial charge is 0.341 e. The predicted octanol–water partition coefficient (Wildman–Crippen LogP) is 1.82. The number of carboxylic acid groups (broad SMARTS) is 1. The van der Waals surface area contributed by atoms with Gasteiger partial charge in [0.05, 0.1) is 5.39 Å². The van der Waals surface area contributed by atoms with Crippen molar-refractivity contribution in [2.75, 3.05) is 43.3 Å². The van der Waals surface area contributed by atoms with Crippen molar-refractivity contribution in [3.63, 3.8) is 0 Å². The number of aromatic carboxylic acids is 1. The van der Waals surface area contributed by atoms with E-state index < -0.39 is 22.8 Å². The molecule has 2 aromatic rings. The number of hydrogen-bond acceptors (Lipinski definition) is 6. The van der Waals surface area contributed by atoms with Crippen LogP contribution in [0, 0.1) is 5.82 Å². The maximum Gasteiger partial charge on any atom is 0.341 e. The Kier molecular flexibility index (Phi) is 4.05. The highest BCUT2D eigenvalue weighted by Gasteiger charge is 2.43. The summed E-state index contributed by atoms with van der Waals surface area (Å²) in [5.41, 5.74) is -0.182. The lowest BCUT2D eigenvalue weighted by molar-refractivity contribution is 0.0694. The number of carboxylic acids is 1. The Morgan fingerprint density at radius 1 is 1.33 bits per heavy atom. The second-order valence-corrected chi connectivity index (χ2v) is 9.03. The number of benzene rings is 1. The molecule has 0 aliphatic carbocycles. The van der Waals surface area contributed by atoms with Gasteiger partial charge in [-0.05, 0) is 32.8 Å². The Labute approximate surface area is 173 Å². The van der Waals surface area contributed by atoms with Gasteiger partial charge in [0.15, 0.2) is 18.3 Å². The van der Waals surface area contributed by atoms with Crippen molar-refractivity contribution in [2.45, 2.75) is 38.3 Å². The number of anilines is 1. The molecule has 2 saturated heterocycles. The van der Waals surface area contributed by atoms with Crippen LogP contribution in [-0.4, -0.2) is 65.6 Å². The Bertz CT molecular complexity index is 1130. The zero-order chi connectivity index (χ0) is 21.4. The van der Waals surface area contributed by atoms with Gasteiger partial charge in [-0.2, -0.15) is 0 Å². The third-order valence-corrected chi connectivity index (χ3v) is 6.81. The zero-order valence-corrected chi connectivity index (χ0v) is 17.3. The van der Waals surface area contributed by atoms with Crippen LogP contribution in [0.1, 0.15) is 37.0 Å². The number of piperazine rings is 1. The van der Waals surface area contributed by atoms with Crippen molar-refractivity contribution in [3.8, 4) is 5.75 Å². The molecule has 3 aliphatic rings. The van der Waals surface area contributed by atoms with Crippen LogP contribution in [-0.2, 0) is 0 Å². The second-order valence-electron chi connectivity index (χ2n) is 9.03. The molecule has 30 heavy (non-hydrogen) atoms. The first kappa shape index (κ1) is 19.2. The lowest BCUT2D eigenvalue weighted by Gasteiger charge is -2.44. The van der Waals surface area contributed by atoms with Crippen LogP contribution in [0.4, 0.5) is 10.1 Å². The lowest BCUT2D eigenvalue weighted by Crippen LogP contribution is -2.55. The van der Waals surface area contributed by atoms with Gasteiger partial charge in [0.2, 0.25) is 5.43 Å². The summed E-state index contributed by atoms with van der Waals surface area (Å²) in [7, 11) is 1.72. The molecule has 0 radical (unpaired) electrons. The van der Waals surface area contributed by atoms with Crippen LogP contribution in [0.2, 0.25) is 0 Å². The number of hydrogen-bond donors (Lipinski definition) is 1. The average Bonchev–Trinajstić information content (AvgIpc) is 3.00. The van der Waals surface area contributed by atoms with Crippen molar-refractivity contribution in [1.29, 1.82) is 0 Å². The summed E-state index contributed by atoms with van der Waals surface area (Å²) in [5.74, 6) is -1.58. The van der Waals surface area contributed by atoms with Crippen LogP contribution >= 0.6 is 0 Å². The number of pyridine rings is 1. The van der Waals surface area contributed by atoms with Gasteiger partial charge in [0.25, 0.3) is 0 Å². The van der Waals surface area contributed by atoms with Crippen molar-refractivity contribution < 1.29 is 19.0 Å². The van der Waals surface area contributed by atoms with E-state index in [9.17, 15) is 14.7 Å². The zero-order valence-electron chi connectivity index (χ0n) is 17.3. The molecule has 0 saturated carbocycles. The van der Waals surface area contributed by atoms with Gasteiger partial charge in [-0.25, -0.2) is 9.18 Å². The molecular formula is C21H25FN4O4. The topological polar surface area (TPSA) is 78.2 Å². The summed E-state index contributed by atoms with van der Waals surface area (Å²) in [4.78, 5) is 28.8. The van der Waals surface area contributed by atoms with Crippen LogP contribution in [0.25, 0.3) is 10.9 Å². The molecule has 3 aliphatic heterocycles. The van der Waals surface area contributed by atoms with E-state index in [1.807, 2.05) is 4.90 Å². The number of fused-ring (bicyclic) bond motifs is 1. The molecule has 0 spiro atoms. The van der Waals surface area contributed by atoms with Crippen LogP contribution in [0.15, 0.2) is 17.1 Å². The standard InChI is InChI=1S/C21H25FN4O4/c1-21(2)5-4-12-9-24(6-7-25(12)21)17-15(22)8-13-16-19(17)30-11-23(3)26(16)10-14(18(13)27)20(28)29/h8,10,12H,4-7,9,11H2,1-3H3,(H,28,29). The number of rotatable bonds is 2. The Morgan fingerprint density at radius 3 is 2.83 bits per heavy atom. The van der Waals surface area contributed by atoms with E-state index in [0.717, 1.165) is 25.5 Å². The van der Waals surface area contributed by atoms with Crippen LogP contribution in [0.3, 0.4) is 0 Å². The fourth-order valence-electron chi connectivity index (χ4n) is 5.24. The molecule has 1 aromatic carbocycles. The molecule has 2 fully saturated rings. The minimum Gasteiger partial charge on any atom is -0.477 e. The van der Waals surface area contributed by atoms with Crippen molar-refractivity contribution in [2.24, 2.45) is 0 Å². The normalized spacial score (nSPS) is 22.9. The summed E-state index contributed by atoms with van der Waals surface area (Å²) in [6.07, 6.45) is 3.46. The number of halogens is 1. The van der Waals surface area contributed by atoms with E-state index in [-0.39, 0.29) is 17.7 Å². The quantitative estimate of drug-likeness (QED) is 0.800. The maximum absolute atomic E-state index is 15.4. The number of carbonyl (C=O) groups is 1. The predicted molar refractivity (Wildman–Crippen MR) is 111 cm³/mol. The SMILES string of the molecule is CN1COc2c(N3CCN4C(CCC4(C)C)C3)c(F)cc3c(=O)c(C(=O)O)cn1c23. The highest BCUT2D eigenvalue weighted by Crippen LogP contribution is 2.43. The first-order valence-electron chi connectivity index (χ1n) is 10.2. The highest BCUT2D eigenvalue weighted by molar-refractivity contribution is 5.97. The molecule has 9 heteroatoms. The molecule has 1 atom stereocenters. The average molecular weight is 416 g/mol. The van der Waals surface area contributed by atoms with Crippen molar-refractivity contribution in [1.82, 2.24) is 9.58 Å². The van der Waals surface area contributed by atoms with Gasteiger partial charge in [-0.15, -0.1) is 0 Å². The fraction of sp³-hybridized carbons (Fsp3) is 0.524. The molecule has 0 amide bonds. The fourth-order valence-corrected chi connectivity index (χ4v) is 5.24. The number of ether oxygens (including phenoxy) is 1. The van der Waals surface area contributed by atoms with Crippen molar-refractivity contribution in [3.05, 3.63) is 33.9 Å². The van der Waals surface area contributed by atoms with E-state index in [0.29, 0.717) is 36.1 Å². The van der Waals surface area contributed by atoms with Gasteiger partial charge in [0.1, 0.15) is 16.8 Å². The van der Waals surface area contributed by atoms with Crippen LogP contribution < -0.4 is 20.1 Å². The molecule has 1 N–H and O–H groups in total. The highest BCUT2D eigenvalue weighted by atomic mass is 19.1. The van der Waals surface area contributed by atoms with Gasteiger partial charge < -0.3 is 14.7 Å². The molecule has 160 valence electrons. The van der Waals surface area contributed by atoms with Gasteiger partial charge >= 0.3 is 5.97 Å².